The van der Waals surface area contributed by atoms with Gasteiger partial charge >= 0.3 is 11.9 Å². The van der Waals surface area contributed by atoms with E-state index >= 15 is 0 Å². The summed E-state index contributed by atoms with van der Waals surface area (Å²) in [6.07, 6.45) is 5.81. The lowest BCUT2D eigenvalue weighted by molar-refractivity contribution is -0.139. The van der Waals surface area contributed by atoms with Gasteiger partial charge in [0, 0.05) is 18.1 Å². The Balaban J connectivity index is 1.54. The summed E-state index contributed by atoms with van der Waals surface area (Å²) in [6, 6.07) is 16.7. The average Bonchev–Trinajstić information content (AvgIpc) is 2.99. The lowest BCUT2D eigenvalue weighted by Crippen LogP contribution is -2.42. The molecule has 9 heteroatoms. The number of hydrogen-bond acceptors (Lipinski definition) is 7. The molecule has 1 amide bonds. The van der Waals surface area contributed by atoms with Gasteiger partial charge in [-0.1, -0.05) is 44.7 Å². The highest BCUT2D eigenvalue weighted by Gasteiger charge is 2.22. The number of rotatable bonds is 16. The third kappa shape index (κ3) is 9.86. The van der Waals surface area contributed by atoms with Crippen molar-refractivity contribution in [2.75, 3.05) is 20.8 Å². The van der Waals surface area contributed by atoms with Crippen LogP contribution in [0.3, 0.4) is 0 Å². The third-order valence-electron chi connectivity index (χ3n) is 6.40. The highest BCUT2D eigenvalue weighted by molar-refractivity contribution is 5.97. The molecular weight excluding hydrogens is 526 g/mol. The van der Waals surface area contributed by atoms with Gasteiger partial charge in [-0.15, -0.1) is 0 Å². The van der Waals surface area contributed by atoms with Crippen molar-refractivity contribution in [2.45, 2.75) is 51.5 Å². The lowest BCUT2D eigenvalue weighted by Gasteiger charge is -2.16. The predicted octanol–water partition coefficient (Wildman–Crippen LogP) is 5.70. The fourth-order valence-electron chi connectivity index (χ4n) is 4.06. The van der Waals surface area contributed by atoms with Crippen molar-refractivity contribution in [3.8, 4) is 23.0 Å². The van der Waals surface area contributed by atoms with Crippen LogP contribution in [0.15, 0.2) is 66.7 Å². The number of amides is 1. The zero-order chi connectivity index (χ0) is 29.6. The Bertz CT molecular complexity index is 1270. The van der Waals surface area contributed by atoms with E-state index < -0.39 is 23.9 Å². The second kappa shape index (κ2) is 15.9. The van der Waals surface area contributed by atoms with E-state index in [1.807, 2.05) is 0 Å². The Morgan fingerprint density at radius 3 is 1.95 bits per heavy atom. The van der Waals surface area contributed by atoms with Crippen LogP contribution in [-0.2, 0) is 11.2 Å². The molecule has 0 spiro atoms. The van der Waals surface area contributed by atoms with Gasteiger partial charge in [0.1, 0.15) is 29.0 Å². The van der Waals surface area contributed by atoms with Gasteiger partial charge in [0.2, 0.25) is 0 Å². The number of carboxylic acid groups (broad SMARTS) is 1. The second-order valence-corrected chi connectivity index (χ2v) is 9.49. The van der Waals surface area contributed by atoms with Crippen molar-refractivity contribution in [1.82, 2.24) is 5.32 Å². The van der Waals surface area contributed by atoms with Crippen molar-refractivity contribution in [3.63, 3.8) is 0 Å². The predicted molar refractivity (Wildman–Crippen MR) is 154 cm³/mol. The maximum Gasteiger partial charge on any atom is 0.343 e. The molecule has 0 fully saturated rings. The van der Waals surface area contributed by atoms with Crippen LogP contribution in [0.2, 0.25) is 0 Å². The van der Waals surface area contributed by atoms with E-state index in [0.29, 0.717) is 40.7 Å². The fourth-order valence-corrected chi connectivity index (χ4v) is 4.06. The van der Waals surface area contributed by atoms with E-state index in [0.717, 1.165) is 12.8 Å². The molecule has 0 radical (unpaired) electrons. The Morgan fingerprint density at radius 2 is 1.37 bits per heavy atom. The van der Waals surface area contributed by atoms with Gasteiger partial charge in [0.15, 0.2) is 0 Å². The van der Waals surface area contributed by atoms with Crippen LogP contribution in [0, 0.1) is 0 Å². The Kier molecular flexibility index (Phi) is 12.0. The number of benzene rings is 3. The highest BCUT2D eigenvalue weighted by Crippen LogP contribution is 2.23. The minimum absolute atomic E-state index is 0.0243. The number of hydrogen-bond donors (Lipinski definition) is 2. The van der Waals surface area contributed by atoms with Gasteiger partial charge in [-0.3, -0.25) is 4.79 Å². The topological polar surface area (TPSA) is 120 Å². The van der Waals surface area contributed by atoms with Gasteiger partial charge in [0.25, 0.3) is 5.91 Å². The molecule has 0 aliphatic heterocycles. The van der Waals surface area contributed by atoms with Gasteiger partial charge < -0.3 is 29.4 Å². The average molecular weight is 564 g/mol. The normalized spacial score (nSPS) is 11.3. The minimum Gasteiger partial charge on any atom is -0.497 e. The minimum atomic E-state index is -1.19. The van der Waals surface area contributed by atoms with Crippen LogP contribution in [0.25, 0.3) is 0 Å². The molecule has 3 aromatic rings. The maximum absolute atomic E-state index is 12.8. The lowest BCUT2D eigenvalue weighted by atomic mass is 10.0. The Labute approximate surface area is 240 Å². The number of carboxylic acids is 1. The number of ether oxygens (including phenoxy) is 4. The highest BCUT2D eigenvalue weighted by atomic mass is 16.5. The summed E-state index contributed by atoms with van der Waals surface area (Å²) in [6.45, 7) is 2.82. The van der Waals surface area contributed by atoms with Gasteiger partial charge in [0.05, 0.1) is 26.4 Å². The Hall–Kier alpha value is -4.53. The summed E-state index contributed by atoms with van der Waals surface area (Å²) >= 11 is 0. The number of aliphatic carboxylic acids is 1. The first-order chi connectivity index (χ1) is 19.8. The molecule has 9 nitrogen and oxygen atoms in total. The van der Waals surface area contributed by atoms with Crippen molar-refractivity contribution < 1.29 is 38.4 Å². The fraction of sp³-hybridized carbons (Fsp3) is 0.344. The van der Waals surface area contributed by atoms with E-state index in [1.165, 1.54) is 45.6 Å². The zero-order valence-corrected chi connectivity index (χ0v) is 23.7. The molecule has 0 aliphatic rings. The van der Waals surface area contributed by atoms with Gasteiger partial charge in [-0.25, -0.2) is 9.59 Å². The number of carbonyl (C=O) groups is 3. The zero-order valence-electron chi connectivity index (χ0n) is 23.7. The molecule has 0 bridgehead atoms. The van der Waals surface area contributed by atoms with Gasteiger partial charge in [-0.05, 0) is 60.5 Å². The Morgan fingerprint density at radius 1 is 0.756 bits per heavy atom. The van der Waals surface area contributed by atoms with Crippen molar-refractivity contribution in [3.05, 3.63) is 83.4 Å². The second-order valence-electron chi connectivity index (χ2n) is 9.49. The molecule has 218 valence electrons. The number of nitrogens with one attached hydrogen (secondary N) is 1. The number of methoxy groups -OCH3 is 2. The van der Waals surface area contributed by atoms with E-state index in [2.05, 4.69) is 12.2 Å². The molecule has 0 unspecified atom stereocenters. The van der Waals surface area contributed by atoms with Crippen LogP contribution < -0.4 is 24.3 Å². The first kappa shape index (κ1) is 31.0. The molecule has 41 heavy (non-hydrogen) atoms. The van der Waals surface area contributed by atoms with E-state index in [1.54, 1.807) is 54.6 Å². The monoisotopic (exact) mass is 563 g/mol. The summed E-state index contributed by atoms with van der Waals surface area (Å²) in [4.78, 5) is 37.2. The summed E-state index contributed by atoms with van der Waals surface area (Å²) in [5.74, 6) is -0.463. The molecule has 3 rings (SSSR count). The summed E-state index contributed by atoms with van der Waals surface area (Å²) < 4.78 is 21.6. The molecular formula is C32H37NO8. The molecule has 0 aromatic heterocycles. The van der Waals surface area contributed by atoms with Crippen LogP contribution in [-0.4, -0.2) is 49.8 Å². The van der Waals surface area contributed by atoms with Crippen molar-refractivity contribution in [2.24, 2.45) is 0 Å². The van der Waals surface area contributed by atoms with Gasteiger partial charge in [-0.2, -0.15) is 0 Å². The third-order valence-corrected chi connectivity index (χ3v) is 6.40. The molecule has 1 atom stereocenters. The van der Waals surface area contributed by atoms with Crippen LogP contribution in [0.1, 0.15) is 65.3 Å². The van der Waals surface area contributed by atoms with Crippen LogP contribution in [0.5, 0.6) is 23.0 Å². The van der Waals surface area contributed by atoms with E-state index in [-0.39, 0.29) is 12.0 Å². The molecule has 0 aliphatic carbocycles. The summed E-state index contributed by atoms with van der Waals surface area (Å²) in [5, 5.41) is 12.2. The molecule has 0 saturated carbocycles. The SMILES string of the molecule is CCCCCCCOc1ccc(C(=O)Oc2ccc(C[C@H](NC(=O)c3cc(OC)cc(OC)c3)C(=O)O)cc2)cc1. The standard InChI is InChI=1S/C32H37NO8/c1-4-5-6-7-8-17-40-25-15-11-23(12-16-25)32(37)41-26-13-9-22(10-14-26)18-29(31(35)36)33-30(34)24-19-27(38-2)21-28(20-24)39-3/h9-16,19-21,29H,4-8,17-18H2,1-3H3,(H,33,34)(H,35,36)/t29-/m0/s1. The first-order valence-corrected chi connectivity index (χ1v) is 13.6. The van der Waals surface area contributed by atoms with Crippen molar-refractivity contribution in [1.29, 1.82) is 0 Å². The van der Waals surface area contributed by atoms with Crippen LogP contribution in [0.4, 0.5) is 0 Å². The van der Waals surface area contributed by atoms with E-state index in [4.69, 9.17) is 18.9 Å². The largest absolute Gasteiger partial charge is 0.497 e. The number of unbranched alkanes of at least 4 members (excludes halogenated alkanes) is 4. The quantitative estimate of drug-likeness (QED) is 0.129. The smallest absolute Gasteiger partial charge is 0.343 e. The summed E-state index contributed by atoms with van der Waals surface area (Å²) in [5.41, 5.74) is 1.22. The first-order valence-electron chi connectivity index (χ1n) is 13.6. The number of carbonyl (C=O) groups excluding carboxylic acids is 2. The molecule has 0 saturated heterocycles. The van der Waals surface area contributed by atoms with Crippen LogP contribution >= 0.6 is 0 Å². The maximum atomic E-state index is 12.8. The molecule has 2 N–H and O–H groups in total. The number of esters is 1. The molecule has 3 aromatic carbocycles. The van der Waals surface area contributed by atoms with Crippen molar-refractivity contribution >= 4 is 17.8 Å². The molecule has 0 heterocycles. The van der Waals surface area contributed by atoms with E-state index in [9.17, 15) is 19.5 Å². The summed E-state index contributed by atoms with van der Waals surface area (Å²) in [7, 11) is 2.92.